The molecule has 2 aromatic rings. The molecule has 0 aliphatic rings. The molecule has 0 heterocycles. The van der Waals surface area contributed by atoms with Gasteiger partial charge in [-0.25, -0.2) is 17.2 Å². The van der Waals surface area contributed by atoms with Crippen molar-refractivity contribution < 1.29 is 21.9 Å². The smallest absolute Gasteiger partial charge is 0.191 e. The highest BCUT2D eigenvalue weighted by atomic mass is 127. The zero-order valence-corrected chi connectivity index (χ0v) is 13.9. The van der Waals surface area contributed by atoms with Gasteiger partial charge in [0, 0.05) is 6.07 Å². The van der Waals surface area contributed by atoms with Crippen LogP contribution in [0.3, 0.4) is 0 Å². The fourth-order valence-electron chi connectivity index (χ4n) is 1.64. The third kappa shape index (κ3) is 3.53. The van der Waals surface area contributed by atoms with Crippen molar-refractivity contribution >= 4 is 32.4 Å². The average Bonchev–Trinajstić information content (AvgIpc) is 2.51. The van der Waals surface area contributed by atoms with Gasteiger partial charge in [0.2, 0.25) is 0 Å². The predicted octanol–water partition coefficient (Wildman–Crippen LogP) is 3.79. The van der Waals surface area contributed by atoms with E-state index in [2.05, 4.69) is 0 Å². The number of sulfone groups is 1. The van der Waals surface area contributed by atoms with Crippen LogP contribution >= 0.6 is 22.6 Å². The number of halogens is 3. The normalized spacial score (nSPS) is 11.0. The molecule has 0 atom stereocenters. The van der Waals surface area contributed by atoms with Crippen LogP contribution in [-0.2, 0) is 9.84 Å². The van der Waals surface area contributed by atoms with E-state index in [0.29, 0.717) is 0 Å². The Hall–Kier alpha value is -1.73. The van der Waals surface area contributed by atoms with Crippen LogP contribution in [0.1, 0.15) is 5.56 Å². The zero-order valence-electron chi connectivity index (χ0n) is 10.9. The van der Waals surface area contributed by atoms with Crippen molar-refractivity contribution in [2.75, 3.05) is 3.76 Å². The van der Waals surface area contributed by atoms with E-state index in [4.69, 9.17) is 10.00 Å². The van der Waals surface area contributed by atoms with E-state index in [-0.39, 0.29) is 20.0 Å². The monoisotopic (exact) mass is 435 g/mol. The van der Waals surface area contributed by atoms with Gasteiger partial charge in [-0.2, -0.15) is 5.26 Å². The molecule has 2 aromatic carbocycles. The number of nitrogens with zero attached hydrogens (tertiary/aromatic N) is 1. The first kappa shape index (κ1) is 16.6. The van der Waals surface area contributed by atoms with Gasteiger partial charge in [0.15, 0.2) is 21.4 Å². The van der Waals surface area contributed by atoms with Crippen LogP contribution in [-0.4, -0.2) is 12.2 Å². The van der Waals surface area contributed by atoms with Crippen molar-refractivity contribution in [2.24, 2.45) is 0 Å². The number of hydrogen-bond donors (Lipinski definition) is 0. The average molecular weight is 435 g/mol. The third-order valence-electron chi connectivity index (χ3n) is 2.66. The Morgan fingerprint density at radius 3 is 2.50 bits per heavy atom. The number of rotatable bonds is 4. The van der Waals surface area contributed by atoms with E-state index in [9.17, 15) is 17.2 Å². The van der Waals surface area contributed by atoms with E-state index < -0.39 is 27.2 Å². The molecular weight excluding hydrogens is 427 g/mol. The lowest BCUT2D eigenvalue weighted by Crippen LogP contribution is -2.05. The molecule has 0 aromatic heterocycles. The van der Waals surface area contributed by atoms with Crippen LogP contribution in [0.4, 0.5) is 8.78 Å². The van der Waals surface area contributed by atoms with Gasteiger partial charge in [-0.1, -0.05) is 22.6 Å². The summed E-state index contributed by atoms with van der Waals surface area (Å²) in [5, 5.41) is 8.86. The van der Waals surface area contributed by atoms with Crippen LogP contribution < -0.4 is 4.74 Å². The van der Waals surface area contributed by atoms with Crippen molar-refractivity contribution in [1.29, 1.82) is 5.26 Å². The molecular formula is C14H8F2INO3S. The molecule has 0 radical (unpaired) electrons. The number of hydrogen-bond acceptors (Lipinski definition) is 4. The summed E-state index contributed by atoms with van der Waals surface area (Å²) in [6.45, 7) is 0. The van der Waals surface area contributed by atoms with Crippen LogP contribution in [0.5, 0.6) is 11.5 Å². The van der Waals surface area contributed by atoms with Crippen LogP contribution in [0, 0.1) is 23.0 Å². The lowest BCUT2D eigenvalue weighted by molar-refractivity contribution is 0.426. The first-order chi connectivity index (χ1) is 10.4. The quantitative estimate of drug-likeness (QED) is 0.542. The third-order valence-corrected chi connectivity index (χ3v) is 6.40. The van der Waals surface area contributed by atoms with Gasteiger partial charge in [0.25, 0.3) is 0 Å². The molecule has 114 valence electrons. The molecule has 0 fully saturated rings. The Morgan fingerprint density at radius 2 is 1.86 bits per heavy atom. The molecule has 0 saturated carbocycles. The van der Waals surface area contributed by atoms with E-state index in [0.717, 1.165) is 24.3 Å². The van der Waals surface area contributed by atoms with Gasteiger partial charge in [-0.3, -0.25) is 0 Å². The Bertz CT molecular complexity index is 863. The largest absolute Gasteiger partial charge is 0.453 e. The van der Waals surface area contributed by atoms with Gasteiger partial charge in [0.1, 0.15) is 20.2 Å². The van der Waals surface area contributed by atoms with E-state index in [1.54, 1.807) is 22.6 Å². The maximum Gasteiger partial charge on any atom is 0.191 e. The molecule has 0 spiro atoms. The minimum atomic E-state index is -3.71. The van der Waals surface area contributed by atoms with Crippen molar-refractivity contribution in [3.63, 3.8) is 0 Å². The summed E-state index contributed by atoms with van der Waals surface area (Å²) in [5.41, 5.74) is 0.121. The molecule has 0 aliphatic heterocycles. The summed E-state index contributed by atoms with van der Waals surface area (Å²) in [4.78, 5) is -0.246. The van der Waals surface area contributed by atoms with Crippen LogP contribution in [0.25, 0.3) is 0 Å². The fourth-order valence-corrected chi connectivity index (χ4v) is 3.48. The van der Waals surface area contributed by atoms with E-state index in [1.807, 2.05) is 6.07 Å². The van der Waals surface area contributed by atoms with Gasteiger partial charge in [-0.15, -0.1) is 0 Å². The summed E-state index contributed by atoms with van der Waals surface area (Å²) in [6.07, 6.45) is 0. The lowest BCUT2D eigenvalue weighted by Gasteiger charge is -2.11. The van der Waals surface area contributed by atoms with Gasteiger partial charge < -0.3 is 4.74 Å². The highest BCUT2D eigenvalue weighted by Crippen LogP contribution is 2.32. The number of nitriles is 1. The van der Waals surface area contributed by atoms with Gasteiger partial charge in [0.05, 0.1) is 11.6 Å². The van der Waals surface area contributed by atoms with Crippen LogP contribution in [0.2, 0.25) is 0 Å². The predicted molar refractivity (Wildman–Crippen MR) is 83.7 cm³/mol. The summed E-state index contributed by atoms with van der Waals surface area (Å²) < 4.78 is 55.9. The molecule has 0 bridgehead atoms. The van der Waals surface area contributed by atoms with Gasteiger partial charge >= 0.3 is 0 Å². The second-order valence-corrected chi connectivity index (χ2v) is 7.93. The molecule has 8 heteroatoms. The first-order valence-electron chi connectivity index (χ1n) is 5.83. The summed E-state index contributed by atoms with van der Waals surface area (Å²) in [5.74, 6) is -2.15. The molecule has 2 rings (SSSR count). The van der Waals surface area contributed by atoms with Gasteiger partial charge in [-0.05, 0) is 30.3 Å². The minimum absolute atomic E-state index is 0.121. The van der Waals surface area contributed by atoms with Crippen molar-refractivity contribution in [3.05, 3.63) is 53.6 Å². The number of ether oxygens (including phenoxy) is 1. The fraction of sp³-hybridized carbons (Fsp3) is 0.0714. The Balaban J connectivity index is 2.56. The number of alkyl halides is 1. The number of benzene rings is 2. The summed E-state index contributed by atoms with van der Waals surface area (Å²) in [7, 11) is -3.71. The minimum Gasteiger partial charge on any atom is -0.453 e. The lowest BCUT2D eigenvalue weighted by atomic mass is 10.2. The zero-order chi connectivity index (χ0) is 16.3. The SMILES string of the molecule is N#Cc1ccc(Oc2cc(F)ccc2F)c(S(=O)(=O)CI)c1. The Kier molecular flexibility index (Phi) is 4.97. The van der Waals surface area contributed by atoms with E-state index in [1.165, 1.54) is 12.1 Å². The van der Waals surface area contributed by atoms with Crippen molar-refractivity contribution in [1.82, 2.24) is 0 Å². The topological polar surface area (TPSA) is 67.2 Å². The maximum atomic E-state index is 13.6. The summed E-state index contributed by atoms with van der Waals surface area (Å²) in [6, 6.07) is 8.14. The first-order valence-corrected chi connectivity index (χ1v) is 9.01. The molecule has 0 N–H and O–H groups in total. The molecule has 0 amide bonds. The van der Waals surface area contributed by atoms with E-state index >= 15 is 0 Å². The summed E-state index contributed by atoms with van der Waals surface area (Å²) >= 11 is 1.66. The molecule has 0 unspecified atom stereocenters. The molecule has 22 heavy (non-hydrogen) atoms. The van der Waals surface area contributed by atoms with Crippen molar-refractivity contribution in [2.45, 2.75) is 4.90 Å². The Morgan fingerprint density at radius 1 is 1.14 bits per heavy atom. The highest BCUT2D eigenvalue weighted by Gasteiger charge is 2.21. The highest BCUT2D eigenvalue weighted by molar-refractivity contribution is 14.1. The molecule has 0 saturated heterocycles. The Labute approximate surface area is 139 Å². The molecule has 4 nitrogen and oxygen atoms in total. The van der Waals surface area contributed by atoms with Crippen molar-refractivity contribution in [3.8, 4) is 17.6 Å². The van der Waals surface area contributed by atoms with Crippen LogP contribution in [0.15, 0.2) is 41.3 Å². The standard InChI is InChI=1S/C14H8F2INO3S/c15-10-2-3-11(16)13(6-10)21-12-4-1-9(7-18)5-14(12)22(19,20)8-17/h1-6H,8H2. The second-order valence-electron chi connectivity index (χ2n) is 4.17. The maximum absolute atomic E-state index is 13.6. The molecule has 0 aliphatic carbocycles. The second kappa shape index (κ2) is 6.58.